The summed E-state index contributed by atoms with van der Waals surface area (Å²) < 4.78 is 30.0. The number of benzene rings is 2. The first kappa shape index (κ1) is 22.0. The van der Waals surface area contributed by atoms with E-state index >= 15 is 0 Å². The van der Waals surface area contributed by atoms with Gasteiger partial charge < -0.3 is 10.1 Å². The minimum Gasteiger partial charge on any atom is -0.496 e. The Labute approximate surface area is 180 Å². The monoisotopic (exact) mass is 444 g/mol. The predicted molar refractivity (Wildman–Crippen MR) is 120 cm³/mol. The molecule has 0 fully saturated rings. The number of thiazole rings is 1. The van der Waals surface area contributed by atoms with Crippen LogP contribution in [0.5, 0.6) is 5.75 Å². The summed E-state index contributed by atoms with van der Waals surface area (Å²) in [5.74, 6) is 0.488. The second-order valence-corrected chi connectivity index (χ2v) is 9.97. The van der Waals surface area contributed by atoms with Gasteiger partial charge in [-0.15, -0.1) is 11.3 Å². The lowest BCUT2D eigenvalue weighted by atomic mass is 10.1. The van der Waals surface area contributed by atoms with E-state index in [2.05, 4.69) is 10.3 Å². The van der Waals surface area contributed by atoms with Crippen molar-refractivity contribution in [3.8, 4) is 17.0 Å². The van der Waals surface area contributed by atoms with Crippen molar-refractivity contribution < 1.29 is 17.9 Å². The molecule has 0 unspecified atom stereocenters. The second kappa shape index (κ2) is 9.40. The van der Waals surface area contributed by atoms with Crippen LogP contribution in [0, 0.1) is 13.8 Å². The number of amides is 1. The fourth-order valence-corrected chi connectivity index (χ4v) is 5.02. The second-order valence-electron chi connectivity index (χ2n) is 7.01. The van der Waals surface area contributed by atoms with Crippen molar-refractivity contribution in [3.05, 3.63) is 59.0 Å². The number of aromatic nitrogens is 1. The number of hydrogen-bond donors (Lipinski definition) is 1. The Hall–Kier alpha value is -2.71. The topological polar surface area (TPSA) is 85.4 Å². The largest absolute Gasteiger partial charge is 0.496 e. The van der Waals surface area contributed by atoms with Crippen LogP contribution in [0.3, 0.4) is 0 Å². The normalized spacial score (nSPS) is 11.3. The summed E-state index contributed by atoms with van der Waals surface area (Å²) in [5.41, 5.74) is 3.71. The zero-order valence-electron chi connectivity index (χ0n) is 17.1. The van der Waals surface area contributed by atoms with Gasteiger partial charge in [0.1, 0.15) is 5.75 Å². The molecule has 3 rings (SSSR count). The fraction of sp³-hybridized carbons (Fsp3) is 0.273. The zero-order valence-corrected chi connectivity index (χ0v) is 18.8. The van der Waals surface area contributed by atoms with E-state index in [9.17, 15) is 13.2 Å². The van der Waals surface area contributed by atoms with E-state index in [4.69, 9.17) is 4.74 Å². The molecule has 0 aliphatic rings. The Morgan fingerprint density at radius 2 is 1.87 bits per heavy atom. The van der Waals surface area contributed by atoms with Crippen LogP contribution in [-0.2, 0) is 14.6 Å². The maximum absolute atomic E-state index is 12.4. The third-order valence-corrected chi connectivity index (χ3v) is 7.21. The summed E-state index contributed by atoms with van der Waals surface area (Å²) in [6.45, 7) is 3.86. The Morgan fingerprint density at radius 3 is 2.53 bits per heavy atom. The van der Waals surface area contributed by atoms with E-state index in [1.54, 1.807) is 31.4 Å². The third-order valence-electron chi connectivity index (χ3n) is 4.64. The highest BCUT2D eigenvalue weighted by atomic mass is 32.2. The Bertz CT molecular complexity index is 1140. The fourth-order valence-electron chi connectivity index (χ4n) is 2.97. The smallest absolute Gasteiger partial charge is 0.226 e. The number of carbonyl (C=O) groups is 1. The molecule has 0 aliphatic heterocycles. The molecule has 0 radical (unpaired) electrons. The molecule has 8 heteroatoms. The average Bonchev–Trinajstić information content (AvgIpc) is 3.16. The lowest BCUT2D eigenvalue weighted by Crippen LogP contribution is -2.14. The van der Waals surface area contributed by atoms with Crippen LogP contribution < -0.4 is 10.1 Å². The predicted octanol–water partition coefficient (Wildman–Crippen LogP) is 4.63. The van der Waals surface area contributed by atoms with Gasteiger partial charge in [-0.05, 0) is 56.2 Å². The molecule has 1 N–H and O–H groups in total. The number of aryl methyl sites for hydroxylation is 2. The standard InChI is InChI=1S/C22H24N2O4S2/c1-15-6-9-18(10-7-15)30(26,27)12-4-5-21(25)24-22-23-19(14-29-22)17-8-11-20(28-3)16(2)13-17/h6-11,13-14H,4-5,12H2,1-3H3,(H,23,24,25). The van der Waals surface area contributed by atoms with Crippen molar-refractivity contribution in [3.63, 3.8) is 0 Å². The van der Waals surface area contributed by atoms with Gasteiger partial charge in [0.05, 0.1) is 23.5 Å². The molecule has 0 saturated heterocycles. The molecule has 0 saturated carbocycles. The molecule has 2 aromatic carbocycles. The van der Waals surface area contributed by atoms with E-state index < -0.39 is 9.84 Å². The molecule has 1 heterocycles. The molecule has 1 aromatic heterocycles. The van der Waals surface area contributed by atoms with Crippen LogP contribution >= 0.6 is 11.3 Å². The lowest BCUT2D eigenvalue weighted by molar-refractivity contribution is -0.116. The van der Waals surface area contributed by atoms with Crippen LogP contribution in [0.2, 0.25) is 0 Å². The molecule has 0 bridgehead atoms. The minimum absolute atomic E-state index is 0.0717. The van der Waals surface area contributed by atoms with Crippen molar-refractivity contribution in [2.45, 2.75) is 31.6 Å². The average molecular weight is 445 g/mol. The number of nitrogens with one attached hydrogen (secondary N) is 1. The van der Waals surface area contributed by atoms with Crippen LogP contribution in [-0.4, -0.2) is 32.2 Å². The first-order valence-electron chi connectivity index (χ1n) is 9.48. The highest BCUT2D eigenvalue weighted by molar-refractivity contribution is 7.91. The van der Waals surface area contributed by atoms with Crippen LogP contribution in [0.4, 0.5) is 5.13 Å². The Kier molecular flexibility index (Phi) is 6.89. The first-order valence-corrected chi connectivity index (χ1v) is 12.0. The van der Waals surface area contributed by atoms with Crippen LogP contribution in [0.1, 0.15) is 24.0 Å². The number of anilines is 1. The zero-order chi connectivity index (χ0) is 21.7. The molecule has 1 amide bonds. The molecule has 158 valence electrons. The summed E-state index contributed by atoms with van der Waals surface area (Å²) in [6.07, 6.45) is 0.361. The van der Waals surface area contributed by atoms with E-state index in [1.165, 1.54) is 11.3 Å². The van der Waals surface area contributed by atoms with Crippen molar-refractivity contribution in [1.29, 1.82) is 0 Å². The van der Waals surface area contributed by atoms with Gasteiger partial charge in [-0.1, -0.05) is 17.7 Å². The van der Waals surface area contributed by atoms with E-state index in [0.717, 1.165) is 28.1 Å². The van der Waals surface area contributed by atoms with Gasteiger partial charge >= 0.3 is 0 Å². The minimum atomic E-state index is -3.39. The first-order chi connectivity index (χ1) is 14.3. The Balaban J connectivity index is 1.54. The van der Waals surface area contributed by atoms with Crippen molar-refractivity contribution >= 4 is 32.2 Å². The summed E-state index contributed by atoms with van der Waals surface area (Å²) in [4.78, 5) is 16.9. The van der Waals surface area contributed by atoms with Crippen LogP contribution in [0.15, 0.2) is 52.7 Å². The number of ether oxygens (including phenoxy) is 1. The number of methoxy groups -OCH3 is 1. The summed E-state index contributed by atoms with van der Waals surface area (Å²) in [5, 5.41) is 5.12. The van der Waals surface area contributed by atoms with Gasteiger partial charge in [-0.25, -0.2) is 13.4 Å². The van der Waals surface area contributed by atoms with Gasteiger partial charge in [0, 0.05) is 17.4 Å². The maximum Gasteiger partial charge on any atom is 0.226 e. The number of nitrogens with zero attached hydrogens (tertiary/aromatic N) is 1. The molecule has 3 aromatic rings. The van der Waals surface area contributed by atoms with E-state index in [0.29, 0.717) is 5.13 Å². The molecular weight excluding hydrogens is 420 g/mol. The SMILES string of the molecule is COc1ccc(-c2csc(NC(=O)CCCS(=O)(=O)c3ccc(C)cc3)n2)cc1C. The Morgan fingerprint density at radius 1 is 1.13 bits per heavy atom. The van der Waals surface area contributed by atoms with Gasteiger partial charge in [0.15, 0.2) is 15.0 Å². The van der Waals surface area contributed by atoms with Crippen molar-refractivity contribution in [2.75, 3.05) is 18.2 Å². The molecular formula is C22H24N2O4S2. The summed E-state index contributed by atoms with van der Waals surface area (Å²) in [7, 11) is -1.76. The highest BCUT2D eigenvalue weighted by Crippen LogP contribution is 2.28. The quantitative estimate of drug-likeness (QED) is 0.548. The van der Waals surface area contributed by atoms with Gasteiger partial charge in [-0.2, -0.15) is 0 Å². The number of carbonyl (C=O) groups excluding carboxylic acids is 1. The number of rotatable bonds is 8. The summed E-state index contributed by atoms with van der Waals surface area (Å²) >= 11 is 1.33. The van der Waals surface area contributed by atoms with E-state index in [1.807, 2.05) is 37.4 Å². The van der Waals surface area contributed by atoms with E-state index in [-0.39, 0.29) is 29.4 Å². The van der Waals surface area contributed by atoms with Crippen LogP contribution in [0.25, 0.3) is 11.3 Å². The van der Waals surface area contributed by atoms with Gasteiger partial charge in [0.2, 0.25) is 5.91 Å². The number of hydrogen-bond acceptors (Lipinski definition) is 6. The lowest BCUT2D eigenvalue weighted by Gasteiger charge is -2.06. The van der Waals surface area contributed by atoms with Crippen molar-refractivity contribution in [2.24, 2.45) is 0 Å². The molecule has 6 nitrogen and oxygen atoms in total. The van der Waals surface area contributed by atoms with Gasteiger partial charge in [0.25, 0.3) is 0 Å². The van der Waals surface area contributed by atoms with Crippen molar-refractivity contribution in [1.82, 2.24) is 4.98 Å². The third kappa shape index (κ3) is 5.46. The molecule has 30 heavy (non-hydrogen) atoms. The maximum atomic E-state index is 12.4. The molecule has 0 atom stereocenters. The highest BCUT2D eigenvalue weighted by Gasteiger charge is 2.15. The molecule has 0 aliphatic carbocycles. The van der Waals surface area contributed by atoms with Gasteiger partial charge in [-0.3, -0.25) is 4.79 Å². The molecule has 0 spiro atoms. The number of sulfone groups is 1. The summed E-state index contributed by atoms with van der Waals surface area (Å²) in [6, 6.07) is 12.5.